The third kappa shape index (κ3) is 6.02. The van der Waals surface area contributed by atoms with E-state index in [0.717, 1.165) is 18.8 Å². The topological polar surface area (TPSA) is 41.6 Å². The zero-order valence-corrected chi connectivity index (χ0v) is 14.0. The van der Waals surface area contributed by atoms with Crippen LogP contribution in [-0.4, -0.2) is 32.2 Å². The van der Waals surface area contributed by atoms with Gasteiger partial charge < -0.3 is 15.0 Å². The predicted molar refractivity (Wildman–Crippen MR) is 92.1 cm³/mol. The zero-order chi connectivity index (χ0) is 13.5. The zero-order valence-electron chi connectivity index (χ0n) is 12.3. The summed E-state index contributed by atoms with van der Waals surface area (Å²) in [6.45, 7) is 4.66. The Morgan fingerprint density at radius 3 is 2.52 bits per heavy atom. The molecule has 4 nitrogen and oxygen atoms in total. The fourth-order valence-corrected chi connectivity index (χ4v) is 2.41. The standard InChI is InChI=1S/C15H22N2O2.2ClH/c1-2-19-15(18)12-16-13-8-4-5-9-14(13)17-10-6-3-7-11-17;;/h4-5,8-9,16H,2-3,6-7,10-12H2,1H3;2*1H. The molecule has 0 spiro atoms. The highest BCUT2D eigenvalue weighted by molar-refractivity contribution is 5.85. The summed E-state index contributed by atoms with van der Waals surface area (Å²) in [6.07, 6.45) is 3.80. The molecule has 1 saturated heterocycles. The number of anilines is 2. The minimum absolute atomic E-state index is 0. The number of hydrogen-bond donors (Lipinski definition) is 1. The van der Waals surface area contributed by atoms with Crippen molar-refractivity contribution in [3.63, 3.8) is 0 Å². The van der Waals surface area contributed by atoms with Gasteiger partial charge in [-0.1, -0.05) is 12.1 Å². The van der Waals surface area contributed by atoms with Gasteiger partial charge in [-0.25, -0.2) is 0 Å². The van der Waals surface area contributed by atoms with Gasteiger partial charge in [-0.05, 0) is 38.3 Å². The van der Waals surface area contributed by atoms with Gasteiger partial charge in [-0.3, -0.25) is 4.79 Å². The first kappa shape index (κ1) is 19.9. The molecule has 1 aromatic rings. The summed E-state index contributed by atoms with van der Waals surface area (Å²) in [6, 6.07) is 8.16. The summed E-state index contributed by atoms with van der Waals surface area (Å²) in [5.41, 5.74) is 2.20. The minimum Gasteiger partial charge on any atom is -0.465 e. The van der Waals surface area contributed by atoms with Crippen LogP contribution in [0, 0.1) is 0 Å². The molecule has 1 aliphatic rings. The number of nitrogens with one attached hydrogen (secondary N) is 1. The first-order valence-corrected chi connectivity index (χ1v) is 7.04. The van der Waals surface area contributed by atoms with E-state index in [0.29, 0.717) is 6.61 Å². The lowest BCUT2D eigenvalue weighted by molar-refractivity contribution is -0.140. The molecule has 0 radical (unpaired) electrons. The highest BCUT2D eigenvalue weighted by Crippen LogP contribution is 2.27. The quantitative estimate of drug-likeness (QED) is 0.837. The summed E-state index contributed by atoms with van der Waals surface area (Å²) in [5, 5.41) is 3.18. The van der Waals surface area contributed by atoms with Gasteiger partial charge in [0.15, 0.2) is 0 Å². The lowest BCUT2D eigenvalue weighted by atomic mass is 10.1. The van der Waals surface area contributed by atoms with E-state index in [-0.39, 0.29) is 37.3 Å². The van der Waals surface area contributed by atoms with Crippen LogP contribution >= 0.6 is 24.8 Å². The van der Waals surface area contributed by atoms with E-state index in [4.69, 9.17) is 4.74 Å². The molecule has 1 aromatic carbocycles. The highest BCUT2D eigenvalue weighted by atomic mass is 35.5. The molecule has 1 fully saturated rings. The molecule has 2 rings (SSSR count). The number of benzene rings is 1. The molecule has 6 heteroatoms. The summed E-state index contributed by atoms with van der Waals surface area (Å²) in [4.78, 5) is 13.8. The van der Waals surface area contributed by atoms with Crippen LogP contribution < -0.4 is 10.2 Å². The maximum Gasteiger partial charge on any atom is 0.325 e. The third-order valence-electron chi connectivity index (χ3n) is 3.33. The Morgan fingerprint density at radius 1 is 1.19 bits per heavy atom. The van der Waals surface area contributed by atoms with Gasteiger partial charge in [0, 0.05) is 13.1 Å². The fraction of sp³-hybridized carbons (Fsp3) is 0.533. The van der Waals surface area contributed by atoms with Crippen molar-refractivity contribution in [2.75, 3.05) is 36.5 Å². The fourth-order valence-electron chi connectivity index (χ4n) is 2.41. The van der Waals surface area contributed by atoms with E-state index in [1.165, 1.54) is 24.9 Å². The van der Waals surface area contributed by atoms with E-state index in [2.05, 4.69) is 16.3 Å². The number of hydrogen-bond acceptors (Lipinski definition) is 4. The Hall–Kier alpha value is -1.13. The number of carbonyl (C=O) groups is 1. The van der Waals surface area contributed by atoms with Crippen LogP contribution in [0.25, 0.3) is 0 Å². The Balaban J connectivity index is 0.00000200. The lowest BCUT2D eigenvalue weighted by Gasteiger charge is -2.30. The molecule has 0 amide bonds. The van der Waals surface area contributed by atoms with E-state index >= 15 is 0 Å². The van der Waals surface area contributed by atoms with Crippen molar-refractivity contribution in [1.29, 1.82) is 0 Å². The SMILES string of the molecule is CCOC(=O)CNc1ccccc1N1CCCCC1.Cl.Cl. The number of carbonyl (C=O) groups excluding carboxylic acids is 1. The third-order valence-corrected chi connectivity index (χ3v) is 3.33. The van der Waals surface area contributed by atoms with Crippen molar-refractivity contribution in [3.8, 4) is 0 Å². The number of piperidine rings is 1. The van der Waals surface area contributed by atoms with Crippen LogP contribution in [0.5, 0.6) is 0 Å². The van der Waals surface area contributed by atoms with Crippen molar-refractivity contribution in [3.05, 3.63) is 24.3 Å². The van der Waals surface area contributed by atoms with Gasteiger partial charge in [0.25, 0.3) is 0 Å². The van der Waals surface area contributed by atoms with Crippen molar-refractivity contribution >= 4 is 42.2 Å². The van der Waals surface area contributed by atoms with Gasteiger partial charge >= 0.3 is 5.97 Å². The molecule has 21 heavy (non-hydrogen) atoms. The van der Waals surface area contributed by atoms with Crippen molar-refractivity contribution < 1.29 is 9.53 Å². The molecular formula is C15H24Cl2N2O2. The molecule has 0 unspecified atom stereocenters. The van der Waals surface area contributed by atoms with E-state index in [1.807, 2.05) is 25.1 Å². The molecule has 0 saturated carbocycles. The van der Waals surface area contributed by atoms with Gasteiger partial charge in [0.05, 0.1) is 18.0 Å². The van der Waals surface area contributed by atoms with Gasteiger partial charge in [0.2, 0.25) is 0 Å². The maximum absolute atomic E-state index is 11.4. The molecular weight excluding hydrogens is 311 g/mol. The first-order chi connectivity index (χ1) is 9.31. The second-order valence-electron chi connectivity index (χ2n) is 4.72. The predicted octanol–water partition coefficient (Wildman–Crippen LogP) is 3.50. The normalized spacial score (nSPS) is 13.7. The van der Waals surface area contributed by atoms with E-state index in [1.54, 1.807) is 0 Å². The molecule has 120 valence electrons. The number of rotatable bonds is 5. The van der Waals surface area contributed by atoms with Crippen LogP contribution in [0.3, 0.4) is 0 Å². The average molecular weight is 335 g/mol. The number of halogens is 2. The Morgan fingerprint density at radius 2 is 1.86 bits per heavy atom. The Kier molecular flexibility index (Phi) is 10.0. The van der Waals surface area contributed by atoms with Crippen LogP contribution in [0.15, 0.2) is 24.3 Å². The number of ether oxygens (including phenoxy) is 1. The number of para-hydroxylation sites is 2. The summed E-state index contributed by atoms with van der Waals surface area (Å²) in [7, 11) is 0. The van der Waals surface area contributed by atoms with Gasteiger partial charge in [-0.15, -0.1) is 24.8 Å². The van der Waals surface area contributed by atoms with Gasteiger partial charge in [0.1, 0.15) is 6.54 Å². The van der Waals surface area contributed by atoms with Crippen molar-refractivity contribution in [2.45, 2.75) is 26.2 Å². The molecule has 0 aromatic heterocycles. The Bertz CT molecular complexity index is 424. The largest absolute Gasteiger partial charge is 0.465 e. The average Bonchev–Trinajstić information content (AvgIpc) is 2.47. The van der Waals surface area contributed by atoms with Gasteiger partial charge in [-0.2, -0.15) is 0 Å². The van der Waals surface area contributed by atoms with Crippen LogP contribution in [0.4, 0.5) is 11.4 Å². The monoisotopic (exact) mass is 334 g/mol. The van der Waals surface area contributed by atoms with Crippen LogP contribution in [0.1, 0.15) is 26.2 Å². The smallest absolute Gasteiger partial charge is 0.325 e. The summed E-state index contributed by atoms with van der Waals surface area (Å²) < 4.78 is 4.93. The second kappa shape index (κ2) is 10.6. The molecule has 1 heterocycles. The highest BCUT2D eigenvalue weighted by Gasteiger charge is 2.14. The molecule has 0 aliphatic carbocycles. The van der Waals surface area contributed by atoms with Crippen LogP contribution in [-0.2, 0) is 9.53 Å². The number of nitrogens with zero attached hydrogens (tertiary/aromatic N) is 1. The van der Waals surface area contributed by atoms with Crippen molar-refractivity contribution in [2.24, 2.45) is 0 Å². The van der Waals surface area contributed by atoms with Crippen LogP contribution in [0.2, 0.25) is 0 Å². The lowest BCUT2D eigenvalue weighted by Crippen LogP contribution is -2.30. The minimum atomic E-state index is -0.212. The Labute approximate surface area is 139 Å². The first-order valence-electron chi connectivity index (χ1n) is 7.04. The molecule has 1 aliphatic heterocycles. The molecule has 0 atom stereocenters. The van der Waals surface area contributed by atoms with Crippen molar-refractivity contribution in [1.82, 2.24) is 0 Å². The molecule has 0 bridgehead atoms. The van der Waals surface area contributed by atoms with E-state index < -0.39 is 0 Å². The summed E-state index contributed by atoms with van der Waals surface area (Å²) in [5.74, 6) is -0.212. The summed E-state index contributed by atoms with van der Waals surface area (Å²) >= 11 is 0. The number of esters is 1. The maximum atomic E-state index is 11.4. The van der Waals surface area contributed by atoms with E-state index in [9.17, 15) is 4.79 Å². The second-order valence-corrected chi connectivity index (χ2v) is 4.72. The molecule has 1 N–H and O–H groups in total.